The predicted octanol–water partition coefficient (Wildman–Crippen LogP) is -0.0358. The summed E-state index contributed by atoms with van der Waals surface area (Å²) in [4.78, 5) is 29.6. The molecule has 1 aromatic carbocycles. The second-order valence-corrected chi connectivity index (χ2v) is 3.70. The van der Waals surface area contributed by atoms with Crippen LogP contribution < -0.4 is 11.5 Å². The molecule has 0 spiro atoms. The maximum atomic E-state index is 10.1. The van der Waals surface area contributed by atoms with Crippen LogP contribution in [0.15, 0.2) is 24.3 Å². The molecule has 0 bridgehead atoms. The molecule has 0 fully saturated rings. The van der Waals surface area contributed by atoms with Crippen LogP contribution in [-0.2, 0) is 9.59 Å². The van der Waals surface area contributed by atoms with E-state index in [0.717, 1.165) is 0 Å². The lowest BCUT2D eigenvalue weighted by Crippen LogP contribution is -2.31. The van der Waals surface area contributed by atoms with Gasteiger partial charge in [-0.15, -0.1) is 0 Å². The van der Waals surface area contributed by atoms with E-state index in [1.165, 1.54) is 24.3 Å². The van der Waals surface area contributed by atoms with Gasteiger partial charge in [0.1, 0.15) is 6.04 Å². The van der Waals surface area contributed by atoms with E-state index in [4.69, 9.17) is 21.7 Å². The van der Waals surface area contributed by atoms with E-state index in [1.807, 2.05) is 0 Å². The lowest BCUT2D eigenvalue weighted by Gasteiger charge is -2.01. The van der Waals surface area contributed by atoms with Crippen LogP contribution in [0.25, 0.3) is 0 Å². The Kier molecular flexibility index (Phi) is 7.30. The summed E-state index contributed by atoms with van der Waals surface area (Å²) >= 11 is 0. The Morgan fingerprint density at radius 3 is 2.25 bits per heavy atom. The number of nitrogens with two attached hydrogens (primary N) is 2. The van der Waals surface area contributed by atoms with Crippen LogP contribution in [-0.4, -0.2) is 33.1 Å². The highest BCUT2D eigenvalue weighted by atomic mass is 16.6. The summed E-state index contributed by atoms with van der Waals surface area (Å²) in [6.45, 7) is 0. The Hall–Kier alpha value is -2.68. The molecule has 9 nitrogen and oxygen atoms in total. The standard InChI is InChI=1S/C6H5NO3.C5H10N2O3/c8-6-4-2-1-3-5(6)7(9)10;6-3(5(9)10)1-2-4(7)8/h1-4,8H;3H,1-2,6H2,(H2,7,8)(H,9,10)/t;3-/m.0/s1. The molecule has 0 radical (unpaired) electrons. The number of aliphatic carboxylic acids is 1. The fourth-order valence-corrected chi connectivity index (χ4v) is 1.04. The second kappa shape index (κ2) is 8.43. The lowest BCUT2D eigenvalue weighted by molar-refractivity contribution is -0.385. The van der Waals surface area contributed by atoms with Gasteiger partial charge in [0.05, 0.1) is 4.92 Å². The molecule has 0 unspecified atom stereocenters. The lowest BCUT2D eigenvalue weighted by atomic mass is 10.2. The van der Waals surface area contributed by atoms with Crippen LogP contribution in [0.5, 0.6) is 5.75 Å². The van der Waals surface area contributed by atoms with Crippen LogP contribution in [0, 0.1) is 10.1 Å². The molecule has 6 N–H and O–H groups in total. The second-order valence-electron chi connectivity index (χ2n) is 3.70. The summed E-state index contributed by atoms with van der Waals surface area (Å²) in [5.74, 6) is -1.94. The van der Waals surface area contributed by atoms with Crippen molar-refractivity contribution in [3.8, 4) is 5.75 Å². The highest BCUT2D eigenvalue weighted by molar-refractivity contribution is 5.76. The number of benzene rings is 1. The number of primary amides is 1. The van der Waals surface area contributed by atoms with Crippen molar-refractivity contribution in [3.63, 3.8) is 0 Å². The van der Waals surface area contributed by atoms with E-state index in [-0.39, 0.29) is 24.3 Å². The first-order chi connectivity index (χ1) is 9.25. The van der Waals surface area contributed by atoms with Crippen LogP contribution in [0.1, 0.15) is 12.8 Å². The minimum atomic E-state index is -1.11. The molecule has 0 saturated heterocycles. The molecule has 0 aliphatic heterocycles. The van der Waals surface area contributed by atoms with Crippen molar-refractivity contribution in [2.75, 3.05) is 0 Å². The van der Waals surface area contributed by atoms with Crippen molar-refractivity contribution in [2.45, 2.75) is 18.9 Å². The van der Waals surface area contributed by atoms with E-state index >= 15 is 0 Å². The fourth-order valence-electron chi connectivity index (χ4n) is 1.04. The number of amides is 1. The third-order valence-corrected chi connectivity index (χ3v) is 2.10. The number of carbonyl (C=O) groups is 2. The summed E-state index contributed by atoms with van der Waals surface area (Å²) in [5, 5.41) is 27.1. The number of aromatic hydroxyl groups is 1. The number of hydrogen-bond acceptors (Lipinski definition) is 6. The van der Waals surface area contributed by atoms with E-state index < -0.39 is 22.8 Å². The quantitative estimate of drug-likeness (QED) is 0.434. The zero-order valence-electron chi connectivity index (χ0n) is 10.4. The molecular weight excluding hydrogens is 270 g/mol. The molecule has 1 rings (SSSR count). The summed E-state index contributed by atoms with van der Waals surface area (Å²) in [7, 11) is 0. The average molecular weight is 285 g/mol. The number of nitrogens with zero attached hydrogens (tertiary/aromatic N) is 1. The van der Waals surface area contributed by atoms with Crippen LogP contribution in [0.3, 0.4) is 0 Å². The van der Waals surface area contributed by atoms with Crippen molar-refractivity contribution in [1.82, 2.24) is 0 Å². The van der Waals surface area contributed by atoms with E-state index in [1.54, 1.807) is 0 Å². The van der Waals surface area contributed by atoms with Crippen molar-refractivity contribution in [1.29, 1.82) is 0 Å². The topological polar surface area (TPSA) is 170 Å². The summed E-state index contributed by atoms with van der Waals surface area (Å²) in [6.07, 6.45) is 0.123. The summed E-state index contributed by atoms with van der Waals surface area (Å²) in [6, 6.07) is 4.57. The van der Waals surface area contributed by atoms with Crippen LogP contribution in [0.2, 0.25) is 0 Å². The highest BCUT2D eigenvalue weighted by Crippen LogP contribution is 2.23. The van der Waals surface area contributed by atoms with E-state index in [9.17, 15) is 19.7 Å². The van der Waals surface area contributed by atoms with Gasteiger partial charge in [-0.05, 0) is 12.5 Å². The largest absolute Gasteiger partial charge is 0.502 e. The van der Waals surface area contributed by atoms with E-state index in [0.29, 0.717) is 0 Å². The minimum Gasteiger partial charge on any atom is -0.502 e. The first kappa shape index (κ1) is 17.3. The van der Waals surface area contributed by atoms with Gasteiger partial charge >= 0.3 is 11.7 Å². The number of rotatable bonds is 5. The maximum absolute atomic E-state index is 10.1. The van der Waals surface area contributed by atoms with Gasteiger partial charge in [0.25, 0.3) is 0 Å². The number of carbonyl (C=O) groups excluding carboxylic acids is 1. The SMILES string of the molecule is NC(=O)CC[C@H](N)C(=O)O.O=[N+]([O-])c1ccccc1O. The number of carboxylic acid groups (broad SMARTS) is 1. The highest BCUT2D eigenvalue weighted by Gasteiger charge is 2.11. The summed E-state index contributed by atoms with van der Waals surface area (Å²) in [5.41, 5.74) is 9.55. The molecule has 0 aliphatic rings. The third-order valence-electron chi connectivity index (χ3n) is 2.10. The van der Waals surface area contributed by atoms with Gasteiger partial charge in [-0.3, -0.25) is 19.7 Å². The molecule has 0 aliphatic carbocycles. The zero-order chi connectivity index (χ0) is 15.7. The molecule has 0 saturated carbocycles. The molecule has 0 aromatic heterocycles. The van der Waals surface area contributed by atoms with Gasteiger partial charge in [0, 0.05) is 12.5 Å². The molecule has 9 heteroatoms. The Balaban J connectivity index is 0.000000361. The van der Waals surface area contributed by atoms with Crippen molar-refractivity contribution in [3.05, 3.63) is 34.4 Å². The molecule has 1 aromatic rings. The molecular formula is C11H15N3O6. The Bertz CT molecular complexity index is 491. The Morgan fingerprint density at radius 2 is 1.90 bits per heavy atom. The molecule has 110 valence electrons. The van der Waals surface area contributed by atoms with Gasteiger partial charge in [-0.2, -0.15) is 0 Å². The third kappa shape index (κ3) is 6.91. The summed E-state index contributed by atoms with van der Waals surface area (Å²) < 4.78 is 0. The molecule has 1 atom stereocenters. The van der Waals surface area contributed by atoms with Crippen LogP contribution in [0.4, 0.5) is 5.69 Å². The minimum absolute atomic E-state index is 0.0213. The van der Waals surface area contributed by atoms with Crippen molar-refractivity contribution in [2.24, 2.45) is 11.5 Å². The van der Waals surface area contributed by atoms with Crippen LogP contribution >= 0.6 is 0 Å². The number of para-hydroxylation sites is 2. The molecule has 20 heavy (non-hydrogen) atoms. The van der Waals surface area contributed by atoms with Gasteiger partial charge in [-0.1, -0.05) is 12.1 Å². The first-order valence-electron chi connectivity index (χ1n) is 5.44. The number of phenols is 1. The number of phenolic OH excluding ortho intramolecular Hbond substituents is 1. The molecule has 0 heterocycles. The molecule has 1 amide bonds. The first-order valence-corrected chi connectivity index (χ1v) is 5.44. The van der Waals surface area contributed by atoms with Gasteiger partial charge in [-0.25, -0.2) is 0 Å². The Morgan fingerprint density at radius 1 is 1.35 bits per heavy atom. The Labute approximate surface area is 114 Å². The number of carboxylic acids is 1. The maximum Gasteiger partial charge on any atom is 0.320 e. The van der Waals surface area contributed by atoms with Gasteiger partial charge in [0.2, 0.25) is 5.91 Å². The zero-order valence-corrected chi connectivity index (χ0v) is 10.4. The van der Waals surface area contributed by atoms with Crippen molar-refractivity contribution >= 4 is 17.6 Å². The van der Waals surface area contributed by atoms with E-state index in [2.05, 4.69) is 0 Å². The average Bonchev–Trinajstić information content (AvgIpc) is 2.36. The number of nitro groups is 1. The number of hydrogen-bond donors (Lipinski definition) is 4. The number of nitro benzene ring substituents is 1. The normalized spacial score (nSPS) is 10.8. The fraction of sp³-hybridized carbons (Fsp3) is 0.273. The monoisotopic (exact) mass is 285 g/mol. The van der Waals surface area contributed by atoms with Gasteiger partial charge < -0.3 is 21.7 Å². The van der Waals surface area contributed by atoms with Gasteiger partial charge in [0.15, 0.2) is 5.75 Å². The van der Waals surface area contributed by atoms with Crippen molar-refractivity contribution < 1.29 is 24.7 Å². The smallest absolute Gasteiger partial charge is 0.320 e. The predicted molar refractivity (Wildman–Crippen MR) is 68.8 cm³/mol.